The molecule has 0 aliphatic carbocycles. The Labute approximate surface area is 99.1 Å². The first-order valence-electron chi connectivity index (χ1n) is 5.55. The van der Waals surface area contributed by atoms with Crippen molar-refractivity contribution in [2.24, 2.45) is 0 Å². The quantitative estimate of drug-likeness (QED) is 0.755. The number of methoxy groups -OCH3 is 1. The zero-order chi connectivity index (χ0) is 11.7. The first-order chi connectivity index (χ1) is 8.36. The lowest BCUT2D eigenvalue weighted by Crippen LogP contribution is -2.04. The smallest absolute Gasteiger partial charge is 0.213 e. The SMILES string of the molecule is COc1ccc2c(OCC3CO3)cccc2n1. The zero-order valence-corrected chi connectivity index (χ0v) is 9.55. The maximum atomic E-state index is 5.71. The minimum atomic E-state index is 0.261. The van der Waals surface area contributed by atoms with Crippen LogP contribution in [0.15, 0.2) is 30.3 Å². The molecule has 0 bridgehead atoms. The van der Waals surface area contributed by atoms with Crippen LogP contribution in [0, 0.1) is 0 Å². The second kappa shape index (κ2) is 4.22. The van der Waals surface area contributed by atoms with E-state index in [1.54, 1.807) is 7.11 Å². The average molecular weight is 231 g/mol. The van der Waals surface area contributed by atoms with Crippen molar-refractivity contribution in [3.05, 3.63) is 30.3 Å². The molecule has 2 heterocycles. The molecular formula is C13H13NO3. The molecular weight excluding hydrogens is 218 g/mol. The summed E-state index contributed by atoms with van der Waals surface area (Å²) >= 11 is 0. The fraction of sp³-hybridized carbons (Fsp3) is 0.308. The van der Waals surface area contributed by atoms with Gasteiger partial charge in [-0.3, -0.25) is 0 Å². The van der Waals surface area contributed by atoms with Crippen LogP contribution in [-0.4, -0.2) is 31.4 Å². The van der Waals surface area contributed by atoms with Crippen LogP contribution in [0.3, 0.4) is 0 Å². The van der Waals surface area contributed by atoms with E-state index >= 15 is 0 Å². The molecule has 3 rings (SSSR count). The summed E-state index contributed by atoms with van der Waals surface area (Å²) in [5.74, 6) is 1.45. The molecule has 0 N–H and O–H groups in total. The summed E-state index contributed by atoms with van der Waals surface area (Å²) in [5.41, 5.74) is 0.874. The van der Waals surface area contributed by atoms with Crippen LogP contribution in [0.2, 0.25) is 0 Å². The van der Waals surface area contributed by atoms with Gasteiger partial charge in [-0.15, -0.1) is 0 Å². The highest BCUT2D eigenvalue weighted by Crippen LogP contribution is 2.27. The number of pyridine rings is 1. The maximum absolute atomic E-state index is 5.71. The summed E-state index contributed by atoms with van der Waals surface area (Å²) in [6.45, 7) is 1.40. The van der Waals surface area contributed by atoms with E-state index < -0.39 is 0 Å². The predicted molar refractivity (Wildman–Crippen MR) is 63.5 cm³/mol. The van der Waals surface area contributed by atoms with E-state index in [2.05, 4.69) is 4.98 Å². The Kier molecular flexibility index (Phi) is 2.57. The highest BCUT2D eigenvalue weighted by atomic mass is 16.6. The Bertz CT molecular complexity index is 537. The van der Waals surface area contributed by atoms with E-state index in [1.807, 2.05) is 30.3 Å². The zero-order valence-electron chi connectivity index (χ0n) is 9.55. The molecule has 0 spiro atoms. The topological polar surface area (TPSA) is 43.9 Å². The lowest BCUT2D eigenvalue weighted by Gasteiger charge is -2.08. The van der Waals surface area contributed by atoms with Crippen LogP contribution in [0.25, 0.3) is 10.9 Å². The monoisotopic (exact) mass is 231 g/mol. The summed E-state index contributed by atoms with van der Waals surface area (Å²) in [6, 6.07) is 9.61. The van der Waals surface area contributed by atoms with Crippen LogP contribution >= 0.6 is 0 Å². The Hall–Kier alpha value is -1.81. The third-order valence-electron chi connectivity index (χ3n) is 2.70. The summed E-state index contributed by atoms with van der Waals surface area (Å²) in [5, 5.41) is 0.994. The molecule has 1 fully saturated rings. The third-order valence-corrected chi connectivity index (χ3v) is 2.70. The maximum Gasteiger partial charge on any atom is 0.213 e. The lowest BCUT2D eigenvalue weighted by atomic mass is 10.2. The minimum Gasteiger partial charge on any atom is -0.490 e. The standard InChI is InChI=1S/C13H13NO3/c1-15-13-6-5-10-11(14-13)3-2-4-12(10)17-8-9-7-16-9/h2-6,9H,7-8H2,1H3. The molecule has 1 aliphatic heterocycles. The lowest BCUT2D eigenvalue weighted by molar-refractivity contribution is 0.265. The van der Waals surface area contributed by atoms with Gasteiger partial charge in [-0.1, -0.05) is 6.07 Å². The first kappa shape index (κ1) is 10.4. The van der Waals surface area contributed by atoms with E-state index in [0.29, 0.717) is 12.5 Å². The van der Waals surface area contributed by atoms with Gasteiger partial charge in [-0.05, 0) is 18.2 Å². The van der Waals surface area contributed by atoms with Gasteiger partial charge in [0.15, 0.2) is 0 Å². The number of fused-ring (bicyclic) bond motifs is 1. The van der Waals surface area contributed by atoms with Crippen molar-refractivity contribution in [2.45, 2.75) is 6.10 Å². The van der Waals surface area contributed by atoms with Gasteiger partial charge >= 0.3 is 0 Å². The molecule has 1 atom stereocenters. The number of rotatable bonds is 4. The van der Waals surface area contributed by atoms with Gasteiger partial charge in [-0.2, -0.15) is 0 Å². The summed E-state index contributed by atoms with van der Waals surface area (Å²) in [6.07, 6.45) is 0.261. The number of nitrogens with zero attached hydrogens (tertiary/aromatic N) is 1. The molecule has 0 radical (unpaired) electrons. The molecule has 2 aromatic rings. The van der Waals surface area contributed by atoms with Crippen molar-refractivity contribution in [1.29, 1.82) is 0 Å². The normalized spacial score (nSPS) is 18.1. The Balaban J connectivity index is 1.93. The van der Waals surface area contributed by atoms with E-state index in [-0.39, 0.29) is 6.10 Å². The van der Waals surface area contributed by atoms with Gasteiger partial charge in [-0.25, -0.2) is 4.98 Å². The molecule has 1 unspecified atom stereocenters. The van der Waals surface area contributed by atoms with Crippen LogP contribution in [-0.2, 0) is 4.74 Å². The van der Waals surface area contributed by atoms with Crippen LogP contribution in [0.5, 0.6) is 11.6 Å². The van der Waals surface area contributed by atoms with Crippen LogP contribution in [0.1, 0.15) is 0 Å². The molecule has 1 saturated heterocycles. The van der Waals surface area contributed by atoms with Gasteiger partial charge in [0, 0.05) is 11.5 Å². The number of aromatic nitrogens is 1. The summed E-state index contributed by atoms with van der Waals surface area (Å²) < 4.78 is 15.9. The van der Waals surface area contributed by atoms with Gasteiger partial charge in [0.2, 0.25) is 5.88 Å². The Morgan fingerprint density at radius 2 is 2.24 bits per heavy atom. The highest BCUT2D eigenvalue weighted by molar-refractivity contribution is 5.85. The second-order valence-electron chi connectivity index (χ2n) is 3.94. The number of hydrogen-bond donors (Lipinski definition) is 0. The van der Waals surface area contributed by atoms with Crippen molar-refractivity contribution in [2.75, 3.05) is 20.3 Å². The fourth-order valence-corrected chi connectivity index (χ4v) is 1.69. The van der Waals surface area contributed by atoms with Crippen molar-refractivity contribution >= 4 is 10.9 Å². The molecule has 88 valence electrons. The molecule has 4 nitrogen and oxygen atoms in total. The third kappa shape index (κ3) is 2.17. The summed E-state index contributed by atoms with van der Waals surface area (Å²) in [7, 11) is 1.61. The van der Waals surface area contributed by atoms with Gasteiger partial charge < -0.3 is 14.2 Å². The van der Waals surface area contributed by atoms with Crippen molar-refractivity contribution in [1.82, 2.24) is 4.98 Å². The van der Waals surface area contributed by atoms with Gasteiger partial charge in [0.1, 0.15) is 18.5 Å². The number of benzene rings is 1. The summed E-state index contributed by atoms with van der Waals surface area (Å²) in [4.78, 5) is 4.36. The molecule has 4 heteroatoms. The van der Waals surface area contributed by atoms with Crippen molar-refractivity contribution < 1.29 is 14.2 Å². The van der Waals surface area contributed by atoms with Crippen LogP contribution in [0.4, 0.5) is 0 Å². The predicted octanol–water partition coefficient (Wildman–Crippen LogP) is 2.02. The van der Waals surface area contributed by atoms with E-state index in [9.17, 15) is 0 Å². The molecule has 1 aromatic carbocycles. The Morgan fingerprint density at radius 3 is 3.00 bits per heavy atom. The molecule has 0 amide bonds. The van der Waals surface area contributed by atoms with E-state index in [1.165, 1.54) is 0 Å². The number of ether oxygens (including phenoxy) is 3. The number of hydrogen-bond acceptors (Lipinski definition) is 4. The fourth-order valence-electron chi connectivity index (χ4n) is 1.69. The first-order valence-corrected chi connectivity index (χ1v) is 5.55. The molecule has 1 aliphatic rings. The van der Waals surface area contributed by atoms with Crippen LogP contribution < -0.4 is 9.47 Å². The molecule has 17 heavy (non-hydrogen) atoms. The Morgan fingerprint density at radius 1 is 1.35 bits per heavy atom. The second-order valence-corrected chi connectivity index (χ2v) is 3.94. The van der Waals surface area contributed by atoms with Crippen molar-refractivity contribution in [3.63, 3.8) is 0 Å². The molecule has 0 saturated carbocycles. The van der Waals surface area contributed by atoms with Crippen molar-refractivity contribution in [3.8, 4) is 11.6 Å². The largest absolute Gasteiger partial charge is 0.490 e. The number of epoxide rings is 1. The van der Waals surface area contributed by atoms with Gasteiger partial charge in [0.05, 0.1) is 19.2 Å². The van der Waals surface area contributed by atoms with Gasteiger partial charge in [0.25, 0.3) is 0 Å². The highest BCUT2D eigenvalue weighted by Gasteiger charge is 2.23. The van der Waals surface area contributed by atoms with E-state index in [0.717, 1.165) is 23.3 Å². The average Bonchev–Trinajstić information content (AvgIpc) is 3.19. The minimum absolute atomic E-state index is 0.261. The molecule has 1 aromatic heterocycles. The van der Waals surface area contributed by atoms with E-state index in [4.69, 9.17) is 14.2 Å².